The number of rotatable bonds is 4. The average molecular weight is 462 g/mol. The summed E-state index contributed by atoms with van der Waals surface area (Å²) in [4.78, 5) is 38.9. The fraction of sp³-hybridized carbons (Fsp3) is 0.423. The molecular weight excluding hydrogens is 430 g/mol. The average Bonchev–Trinajstić information content (AvgIpc) is 3.36. The molecular formula is C26H31N5O3. The molecule has 178 valence electrons. The highest BCUT2D eigenvalue weighted by Crippen LogP contribution is 2.21. The molecule has 0 radical (unpaired) electrons. The Morgan fingerprint density at radius 3 is 2.44 bits per heavy atom. The quantitative estimate of drug-likeness (QED) is 0.644. The van der Waals surface area contributed by atoms with E-state index in [0.717, 1.165) is 55.6 Å². The summed E-state index contributed by atoms with van der Waals surface area (Å²) in [7, 11) is 0. The third-order valence-corrected chi connectivity index (χ3v) is 6.99. The zero-order chi connectivity index (χ0) is 23.5. The first kappa shape index (κ1) is 22.4. The van der Waals surface area contributed by atoms with Crippen LogP contribution >= 0.6 is 0 Å². The molecule has 2 saturated heterocycles. The molecule has 2 amide bonds. The summed E-state index contributed by atoms with van der Waals surface area (Å²) in [6.07, 6.45) is 3.31. The molecule has 2 aliphatic heterocycles. The molecule has 1 aromatic heterocycles. The Morgan fingerprint density at radius 2 is 1.71 bits per heavy atom. The predicted octanol–water partition coefficient (Wildman–Crippen LogP) is 3.43. The maximum atomic E-state index is 13.0. The fourth-order valence-corrected chi connectivity index (χ4v) is 4.88. The van der Waals surface area contributed by atoms with Crippen LogP contribution in [0.25, 0.3) is 11.0 Å². The maximum Gasteiger partial charge on any atom is 0.410 e. The summed E-state index contributed by atoms with van der Waals surface area (Å²) in [5.41, 5.74) is 4.65. The number of hydrogen-bond donors (Lipinski definition) is 1. The minimum atomic E-state index is -0.241. The topological polar surface area (TPSA) is 81.8 Å². The van der Waals surface area contributed by atoms with Crippen molar-refractivity contribution >= 4 is 23.0 Å². The Bertz CT molecular complexity index is 1140. The summed E-state index contributed by atoms with van der Waals surface area (Å²) in [5.74, 6) is 0.0797. The third kappa shape index (κ3) is 4.92. The van der Waals surface area contributed by atoms with Crippen molar-refractivity contribution in [2.45, 2.75) is 32.4 Å². The number of benzene rings is 2. The zero-order valence-corrected chi connectivity index (χ0v) is 19.6. The van der Waals surface area contributed by atoms with Crippen molar-refractivity contribution in [3.8, 4) is 0 Å². The summed E-state index contributed by atoms with van der Waals surface area (Å²) < 4.78 is 5.51. The lowest BCUT2D eigenvalue weighted by Gasteiger charge is -2.42. The molecule has 0 aliphatic carbocycles. The second-order valence-corrected chi connectivity index (χ2v) is 9.22. The van der Waals surface area contributed by atoms with Gasteiger partial charge in [-0.1, -0.05) is 29.8 Å². The molecule has 1 N–H and O–H groups in total. The van der Waals surface area contributed by atoms with Gasteiger partial charge < -0.3 is 19.5 Å². The highest BCUT2D eigenvalue weighted by molar-refractivity contribution is 5.97. The number of aryl methyl sites for hydroxylation is 1. The van der Waals surface area contributed by atoms with Gasteiger partial charge in [0.25, 0.3) is 5.91 Å². The molecule has 34 heavy (non-hydrogen) atoms. The molecule has 8 nitrogen and oxygen atoms in total. The molecule has 5 rings (SSSR count). The number of imidazole rings is 1. The number of ether oxygens (including phenoxy) is 1. The highest BCUT2D eigenvalue weighted by Gasteiger charge is 2.31. The minimum Gasteiger partial charge on any atom is -0.445 e. The number of piperidine rings is 1. The SMILES string of the molecule is Cc1ccc(COC(=O)N2CCN(C3CCN(C(=O)c4ccc5nc[nH]c5c4)CC3)CC2)cc1. The smallest absolute Gasteiger partial charge is 0.410 e. The van der Waals surface area contributed by atoms with Crippen LogP contribution in [-0.2, 0) is 11.3 Å². The first-order valence-electron chi connectivity index (χ1n) is 12.0. The maximum absolute atomic E-state index is 13.0. The number of piperazine rings is 1. The van der Waals surface area contributed by atoms with E-state index in [4.69, 9.17) is 4.74 Å². The molecule has 0 atom stereocenters. The Kier molecular flexibility index (Phi) is 6.49. The molecule has 0 unspecified atom stereocenters. The molecule has 3 aromatic rings. The number of likely N-dealkylation sites (tertiary alicyclic amines) is 1. The van der Waals surface area contributed by atoms with Gasteiger partial charge in [0.05, 0.1) is 17.4 Å². The Morgan fingerprint density at radius 1 is 0.971 bits per heavy atom. The fourth-order valence-electron chi connectivity index (χ4n) is 4.88. The van der Waals surface area contributed by atoms with Crippen LogP contribution in [0.15, 0.2) is 48.8 Å². The van der Waals surface area contributed by atoms with Gasteiger partial charge in [0.15, 0.2) is 0 Å². The molecule has 0 spiro atoms. The number of nitrogens with zero attached hydrogens (tertiary/aromatic N) is 4. The van der Waals surface area contributed by atoms with Crippen molar-refractivity contribution in [3.05, 3.63) is 65.5 Å². The second kappa shape index (κ2) is 9.85. The predicted molar refractivity (Wildman–Crippen MR) is 130 cm³/mol. The van der Waals surface area contributed by atoms with E-state index >= 15 is 0 Å². The van der Waals surface area contributed by atoms with E-state index in [1.807, 2.05) is 54.3 Å². The van der Waals surface area contributed by atoms with E-state index in [1.165, 1.54) is 5.56 Å². The van der Waals surface area contributed by atoms with Crippen LogP contribution < -0.4 is 0 Å². The van der Waals surface area contributed by atoms with Crippen LogP contribution in [0.4, 0.5) is 4.79 Å². The van der Waals surface area contributed by atoms with Crippen LogP contribution in [0.5, 0.6) is 0 Å². The summed E-state index contributed by atoms with van der Waals surface area (Å²) in [6, 6.07) is 14.1. The number of amides is 2. The van der Waals surface area contributed by atoms with Gasteiger partial charge in [-0.25, -0.2) is 9.78 Å². The first-order valence-corrected chi connectivity index (χ1v) is 12.0. The Labute approximate surface area is 199 Å². The summed E-state index contributed by atoms with van der Waals surface area (Å²) >= 11 is 0. The Balaban J connectivity index is 1.07. The van der Waals surface area contributed by atoms with Crippen LogP contribution in [0.3, 0.4) is 0 Å². The van der Waals surface area contributed by atoms with E-state index < -0.39 is 0 Å². The van der Waals surface area contributed by atoms with Gasteiger partial charge in [-0.3, -0.25) is 9.69 Å². The lowest BCUT2D eigenvalue weighted by Crippen LogP contribution is -2.54. The third-order valence-electron chi connectivity index (χ3n) is 6.99. The standard InChI is InChI=1S/C26H31N5O3/c1-19-2-4-20(5-3-19)17-34-26(33)31-14-12-29(13-15-31)22-8-10-30(11-9-22)25(32)21-6-7-23-24(16-21)28-18-27-23/h2-7,16,18,22H,8-15,17H2,1H3,(H,27,28). The highest BCUT2D eigenvalue weighted by atomic mass is 16.6. The number of aromatic nitrogens is 2. The lowest BCUT2D eigenvalue weighted by atomic mass is 10.0. The number of H-pyrrole nitrogens is 1. The van der Waals surface area contributed by atoms with Crippen molar-refractivity contribution < 1.29 is 14.3 Å². The molecule has 2 aliphatic rings. The molecule has 0 bridgehead atoms. The van der Waals surface area contributed by atoms with Crippen LogP contribution in [0.2, 0.25) is 0 Å². The van der Waals surface area contributed by atoms with E-state index in [9.17, 15) is 9.59 Å². The molecule has 2 aromatic carbocycles. The van der Waals surface area contributed by atoms with Crippen molar-refractivity contribution in [2.24, 2.45) is 0 Å². The van der Waals surface area contributed by atoms with Gasteiger partial charge in [-0.15, -0.1) is 0 Å². The van der Waals surface area contributed by atoms with Crippen molar-refractivity contribution in [2.75, 3.05) is 39.3 Å². The molecule has 0 saturated carbocycles. The first-order chi connectivity index (χ1) is 16.6. The van der Waals surface area contributed by atoms with Gasteiger partial charge in [-0.05, 0) is 43.5 Å². The second-order valence-electron chi connectivity index (χ2n) is 9.22. The van der Waals surface area contributed by atoms with Crippen molar-refractivity contribution in [3.63, 3.8) is 0 Å². The van der Waals surface area contributed by atoms with Crippen molar-refractivity contribution in [1.29, 1.82) is 0 Å². The summed E-state index contributed by atoms with van der Waals surface area (Å²) in [5, 5.41) is 0. The number of hydrogen-bond acceptors (Lipinski definition) is 5. The molecule has 3 heterocycles. The van der Waals surface area contributed by atoms with Gasteiger partial charge in [-0.2, -0.15) is 0 Å². The largest absolute Gasteiger partial charge is 0.445 e. The normalized spacial score (nSPS) is 17.8. The molecule has 2 fully saturated rings. The zero-order valence-electron chi connectivity index (χ0n) is 19.6. The molecule has 8 heteroatoms. The van der Waals surface area contributed by atoms with Crippen LogP contribution in [0.1, 0.15) is 34.3 Å². The number of carbonyl (C=O) groups excluding carboxylic acids is 2. The number of carbonyl (C=O) groups is 2. The Hall–Kier alpha value is -3.39. The van der Waals surface area contributed by atoms with E-state index in [-0.39, 0.29) is 12.0 Å². The van der Waals surface area contributed by atoms with Crippen LogP contribution in [-0.4, -0.2) is 82.0 Å². The van der Waals surface area contributed by atoms with Crippen LogP contribution in [0, 0.1) is 6.92 Å². The minimum absolute atomic E-state index is 0.0797. The van der Waals surface area contributed by atoms with Crippen molar-refractivity contribution in [1.82, 2.24) is 24.7 Å². The lowest BCUT2D eigenvalue weighted by molar-refractivity contribution is 0.0394. The number of nitrogens with one attached hydrogen (secondary N) is 1. The van der Waals surface area contributed by atoms with E-state index in [2.05, 4.69) is 14.9 Å². The number of aromatic amines is 1. The van der Waals surface area contributed by atoms with Gasteiger partial charge >= 0.3 is 6.09 Å². The van der Waals surface area contributed by atoms with Gasteiger partial charge in [0.2, 0.25) is 0 Å². The van der Waals surface area contributed by atoms with E-state index in [1.54, 1.807) is 11.2 Å². The summed E-state index contributed by atoms with van der Waals surface area (Å²) in [6.45, 7) is 6.89. The van der Waals surface area contributed by atoms with Gasteiger partial charge in [0.1, 0.15) is 6.61 Å². The van der Waals surface area contributed by atoms with Gasteiger partial charge in [0, 0.05) is 50.9 Å². The van der Waals surface area contributed by atoms with E-state index in [0.29, 0.717) is 31.3 Å². The monoisotopic (exact) mass is 461 g/mol. The number of fused-ring (bicyclic) bond motifs is 1.